The third-order valence-electron chi connectivity index (χ3n) is 4.03. The van der Waals surface area contributed by atoms with Gasteiger partial charge in [-0.2, -0.15) is 13.2 Å². The molecule has 27 heavy (non-hydrogen) atoms. The molecule has 0 bridgehead atoms. The van der Waals surface area contributed by atoms with Crippen LogP contribution in [0, 0.1) is 0 Å². The average molecular weight is 376 g/mol. The van der Waals surface area contributed by atoms with E-state index in [1.807, 2.05) is 0 Å². The molecular formula is C19H15F3N2O3. The van der Waals surface area contributed by atoms with Crippen molar-refractivity contribution >= 4 is 5.91 Å². The van der Waals surface area contributed by atoms with E-state index in [2.05, 4.69) is 10.5 Å². The lowest BCUT2D eigenvalue weighted by atomic mass is 9.93. The zero-order chi connectivity index (χ0) is 19.5. The number of hydrogen-bond acceptors (Lipinski definition) is 4. The molecule has 2 N–H and O–H groups in total. The van der Waals surface area contributed by atoms with Gasteiger partial charge in [0, 0.05) is 11.6 Å². The van der Waals surface area contributed by atoms with Crippen molar-refractivity contribution in [3.05, 3.63) is 78.0 Å². The van der Waals surface area contributed by atoms with Gasteiger partial charge in [-0.1, -0.05) is 65.8 Å². The Morgan fingerprint density at radius 2 is 1.63 bits per heavy atom. The fraction of sp³-hybridized carbons (Fsp3) is 0.158. The molecule has 3 aromatic rings. The summed E-state index contributed by atoms with van der Waals surface area (Å²) >= 11 is 0. The number of amides is 1. The Morgan fingerprint density at radius 1 is 1.04 bits per heavy atom. The summed E-state index contributed by atoms with van der Waals surface area (Å²) in [5, 5.41) is 15.9. The zero-order valence-corrected chi connectivity index (χ0v) is 13.9. The minimum Gasteiger partial charge on any atom is -0.375 e. The number of rotatable bonds is 5. The molecule has 1 amide bonds. The van der Waals surface area contributed by atoms with E-state index < -0.39 is 24.2 Å². The molecule has 0 aliphatic carbocycles. The van der Waals surface area contributed by atoms with Crippen LogP contribution in [-0.2, 0) is 5.60 Å². The van der Waals surface area contributed by atoms with Crippen LogP contribution in [-0.4, -0.2) is 28.9 Å². The molecule has 140 valence electrons. The standard InChI is InChI=1S/C19H15F3N2O3/c20-19(21,22)18(26,14-9-5-2-6-10-14)12-23-17(25)15-11-16(27-24-15)13-7-3-1-4-8-13/h1-11,26H,12H2,(H,23,25)/t18-/m1/s1. The Balaban J connectivity index is 1.77. The highest BCUT2D eigenvalue weighted by Crippen LogP contribution is 2.38. The SMILES string of the molecule is O=C(NC[C@@](O)(c1ccccc1)C(F)(F)F)c1cc(-c2ccccc2)on1. The van der Waals surface area contributed by atoms with Crippen molar-refractivity contribution in [2.75, 3.05) is 6.54 Å². The van der Waals surface area contributed by atoms with Crippen molar-refractivity contribution in [3.63, 3.8) is 0 Å². The molecule has 1 heterocycles. The monoisotopic (exact) mass is 376 g/mol. The van der Waals surface area contributed by atoms with Crippen molar-refractivity contribution in [2.24, 2.45) is 0 Å². The summed E-state index contributed by atoms with van der Waals surface area (Å²) in [5.41, 5.74) is -3.12. The second-order valence-corrected chi connectivity index (χ2v) is 5.85. The van der Waals surface area contributed by atoms with E-state index in [1.54, 1.807) is 30.3 Å². The molecule has 0 aliphatic heterocycles. The molecule has 0 radical (unpaired) electrons. The molecule has 0 saturated carbocycles. The first kappa shape index (κ1) is 18.7. The minimum absolute atomic E-state index is 0.188. The first-order chi connectivity index (χ1) is 12.8. The second kappa shape index (κ2) is 7.24. The van der Waals surface area contributed by atoms with Crippen LogP contribution in [0.2, 0.25) is 0 Å². The summed E-state index contributed by atoms with van der Waals surface area (Å²) in [6, 6.07) is 16.7. The van der Waals surface area contributed by atoms with E-state index in [9.17, 15) is 23.1 Å². The predicted molar refractivity (Wildman–Crippen MR) is 90.7 cm³/mol. The van der Waals surface area contributed by atoms with Gasteiger partial charge >= 0.3 is 6.18 Å². The lowest BCUT2D eigenvalue weighted by Crippen LogP contribution is -2.51. The number of halogens is 3. The van der Waals surface area contributed by atoms with Crippen LogP contribution < -0.4 is 5.32 Å². The molecular weight excluding hydrogens is 361 g/mol. The Bertz CT molecular complexity index is 911. The van der Waals surface area contributed by atoms with Crippen LogP contribution >= 0.6 is 0 Å². The maximum absolute atomic E-state index is 13.4. The van der Waals surface area contributed by atoms with Gasteiger partial charge in [-0.15, -0.1) is 0 Å². The molecule has 0 saturated heterocycles. The van der Waals surface area contributed by atoms with Gasteiger partial charge in [0.15, 0.2) is 11.5 Å². The van der Waals surface area contributed by atoms with Gasteiger partial charge in [0.05, 0.1) is 6.54 Å². The van der Waals surface area contributed by atoms with Crippen LogP contribution in [0.1, 0.15) is 16.1 Å². The maximum Gasteiger partial charge on any atom is 0.423 e. The lowest BCUT2D eigenvalue weighted by molar-refractivity contribution is -0.263. The van der Waals surface area contributed by atoms with Crippen molar-refractivity contribution < 1.29 is 27.6 Å². The van der Waals surface area contributed by atoms with Crippen LogP contribution in [0.3, 0.4) is 0 Å². The van der Waals surface area contributed by atoms with E-state index in [-0.39, 0.29) is 11.3 Å². The third kappa shape index (κ3) is 3.85. The van der Waals surface area contributed by atoms with E-state index in [0.717, 1.165) is 12.1 Å². The smallest absolute Gasteiger partial charge is 0.375 e. The molecule has 1 aromatic heterocycles. The minimum atomic E-state index is -4.99. The largest absolute Gasteiger partial charge is 0.423 e. The highest BCUT2D eigenvalue weighted by molar-refractivity contribution is 5.93. The van der Waals surface area contributed by atoms with E-state index >= 15 is 0 Å². The van der Waals surface area contributed by atoms with Gasteiger partial charge in [-0.25, -0.2) is 0 Å². The van der Waals surface area contributed by atoms with Gasteiger partial charge < -0.3 is 14.9 Å². The van der Waals surface area contributed by atoms with Crippen molar-refractivity contribution in [1.82, 2.24) is 10.5 Å². The highest BCUT2D eigenvalue weighted by Gasteiger charge is 2.55. The van der Waals surface area contributed by atoms with Crippen LogP contribution in [0.4, 0.5) is 13.2 Å². The molecule has 1 atom stereocenters. The summed E-state index contributed by atoms with van der Waals surface area (Å²) in [6.45, 7) is -1.06. The molecule has 2 aromatic carbocycles. The first-order valence-corrected chi connectivity index (χ1v) is 7.96. The summed E-state index contributed by atoms with van der Waals surface area (Å²) in [7, 11) is 0. The normalized spacial score (nSPS) is 13.8. The third-order valence-corrected chi connectivity index (χ3v) is 4.03. The van der Waals surface area contributed by atoms with Gasteiger partial charge in [-0.05, 0) is 5.56 Å². The maximum atomic E-state index is 13.4. The number of aliphatic hydroxyl groups is 1. The van der Waals surface area contributed by atoms with Crippen molar-refractivity contribution in [1.29, 1.82) is 0 Å². The van der Waals surface area contributed by atoms with Crippen LogP contribution in [0.5, 0.6) is 0 Å². The first-order valence-electron chi connectivity index (χ1n) is 7.96. The quantitative estimate of drug-likeness (QED) is 0.715. The van der Waals surface area contributed by atoms with Gasteiger partial charge in [0.2, 0.25) is 5.60 Å². The Hall–Kier alpha value is -3.13. The Kier molecular flexibility index (Phi) is 5.00. The topological polar surface area (TPSA) is 75.4 Å². The second-order valence-electron chi connectivity index (χ2n) is 5.85. The van der Waals surface area contributed by atoms with Crippen molar-refractivity contribution in [3.8, 4) is 11.3 Å². The summed E-state index contributed by atoms with van der Waals surface area (Å²) in [6.07, 6.45) is -4.99. The number of nitrogens with one attached hydrogen (secondary N) is 1. The fourth-order valence-electron chi connectivity index (χ4n) is 2.50. The number of benzene rings is 2. The Labute approximate surface area is 152 Å². The van der Waals surface area contributed by atoms with Gasteiger partial charge in [-0.3, -0.25) is 4.79 Å². The summed E-state index contributed by atoms with van der Waals surface area (Å²) in [5.74, 6) is -0.588. The molecule has 0 aliphatic rings. The van der Waals surface area contributed by atoms with E-state index in [4.69, 9.17) is 4.52 Å². The molecule has 5 nitrogen and oxygen atoms in total. The predicted octanol–water partition coefficient (Wildman–Crippen LogP) is 3.52. The number of aromatic nitrogens is 1. The number of alkyl halides is 3. The lowest BCUT2D eigenvalue weighted by Gasteiger charge is -2.31. The molecule has 8 heteroatoms. The van der Waals surface area contributed by atoms with E-state index in [1.165, 1.54) is 24.3 Å². The summed E-state index contributed by atoms with van der Waals surface area (Å²) in [4.78, 5) is 12.2. The highest BCUT2D eigenvalue weighted by atomic mass is 19.4. The molecule has 0 spiro atoms. The van der Waals surface area contributed by atoms with Crippen molar-refractivity contribution in [2.45, 2.75) is 11.8 Å². The number of carbonyl (C=O) groups is 1. The van der Waals surface area contributed by atoms with Gasteiger partial charge in [0.25, 0.3) is 5.91 Å². The average Bonchev–Trinajstić information content (AvgIpc) is 3.16. The fourth-order valence-corrected chi connectivity index (χ4v) is 2.50. The number of hydrogen-bond donors (Lipinski definition) is 2. The van der Waals surface area contributed by atoms with Gasteiger partial charge in [0.1, 0.15) is 0 Å². The molecule has 3 rings (SSSR count). The molecule has 0 fully saturated rings. The number of carbonyl (C=O) groups excluding carboxylic acids is 1. The van der Waals surface area contributed by atoms with E-state index in [0.29, 0.717) is 11.3 Å². The van der Waals surface area contributed by atoms with Crippen LogP contribution in [0.25, 0.3) is 11.3 Å². The number of nitrogens with zero attached hydrogens (tertiary/aromatic N) is 1. The summed E-state index contributed by atoms with van der Waals surface area (Å²) < 4.78 is 45.4. The zero-order valence-electron chi connectivity index (χ0n) is 13.9. The molecule has 0 unspecified atom stereocenters. The Morgan fingerprint density at radius 3 is 2.22 bits per heavy atom. The van der Waals surface area contributed by atoms with Crippen LogP contribution in [0.15, 0.2) is 71.3 Å².